The number of piperidine rings is 1. The lowest BCUT2D eigenvalue weighted by atomic mass is 10.1. The summed E-state index contributed by atoms with van der Waals surface area (Å²) >= 11 is 5.85. The molecule has 1 aromatic carbocycles. The summed E-state index contributed by atoms with van der Waals surface area (Å²) in [5.74, 6) is 0.470. The van der Waals surface area contributed by atoms with Gasteiger partial charge in [0.15, 0.2) is 0 Å². The molecule has 1 aliphatic heterocycles. The molecule has 23 heavy (non-hydrogen) atoms. The molecule has 1 saturated heterocycles. The first-order valence-electron chi connectivity index (χ1n) is 7.19. The van der Waals surface area contributed by atoms with E-state index in [1.165, 1.54) is 4.80 Å². The normalized spacial score (nSPS) is 15.3. The van der Waals surface area contributed by atoms with Crippen LogP contribution in [0.4, 0.5) is 0 Å². The number of tetrazole rings is 1. The van der Waals surface area contributed by atoms with Crippen LogP contribution in [0.2, 0.25) is 5.02 Å². The molecule has 1 aromatic heterocycles. The van der Waals surface area contributed by atoms with E-state index in [9.17, 15) is 4.79 Å². The predicted molar refractivity (Wildman–Crippen MR) is 89.3 cm³/mol. The first-order valence-corrected chi connectivity index (χ1v) is 7.57. The number of aromatic nitrogens is 4. The molecule has 2 N–H and O–H groups in total. The molecule has 7 nitrogen and oxygen atoms in total. The molecule has 0 saturated carbocycles. The molecule has 2 aromatic rings. The Balaban J connectivity index is 0.00000192. The van der Waals surface area contributed by atoms with Gasteiger partial charge < -0.3 is 10.6 Å². The number of carbonyl (C=O) groups excluding carboxylic acids is 1. The van der Waals surface area contributed by atoms with E-state index in [1.807, 2.05) is 12.1 Å². The molecule has 2 heterocycles. The first-order chi connectivity index (χ1) is 10.6. The Morgan fingerprint density at radius 2 is 1.91 bits per heavy atom. The lowest BCUT2D eigenvalue weighted by molar-refractivity contribution is -0.133. The van der Waals surface area contributed by atoms with Crippen LogP contribution in [0.5, 0.6) is 0 Å². The number of hydrogen-bond donors (Lipinski definition) is 1. The quantitative estimate of drug-likeness (QED) is 0.896. The maximum Gasteiger partial charge on any atom is 0.246 e. The summed E-state index contributed by atoms with van der Waals surface area (Å²) in [4.78, 5) is 15.3. The number of carbonyl (C=O) groups is 1. The smallest absolute Gasteiger partial charge is 0.246 e. The second-order valence-corrected chi connectivity index (χ2v) is 5.80. The first kappa shape index (κ1) is 17.7. The van der Waals surface area contributed by atoms with E-state index in [-0.39, 0.29) is 30.9 Å². The lowest BCUT2D eigenvalue weighted by Crippen LogP contribution is -2.44. The van der Waals surface area contributed by atoms with Gasteiger partial charge in [0.1, 0.15) is 6.54 Å². The zero-order chi connectivity index (χ0) is 15.5. The number of nitrogens with two attached hydrogens (primary N) is 1. The van der Waals surface area contributed by atoms with Crippen LogP contribution in [-0.4, -0.2) is 50.1 Å². The minimum atomic E-state index is -0.00745. The summed E-state index contributed by atoms with van der Waals surface area (Å²) in [6, 6.07) is 7.36. The van der Waals surface area contributed by atoms with Gasteiger partial charge in [-0.15, -0.1) is 22.6 Å². The number of nitrogens with zero attached hydrogens (tertiary/aromatic N) is 5. The van der Waals surface area contributed by atoms with E-state index >= 15 is 0 Å². The standard InChI is InChI=1S/C14H17ClN6O.ClH/c15-11-3-1-10(2-4-11)14-17-19-21(18-14)9-13(22)20-7-5-12(16)6-8-20;/h1-4,12H,5-9,16H2;1H. The highest BCUT2D eigenvalue weighted by molar-refractivity contribution is 6.30. The van der Waals surface area contributed by atoms with Gasteiger partial charge in [-0.05, 0) is 42.3 Å². The van der Waals surface area contributed by atoms with E-state index in [2.05, 4.69) is 15.4 Å². The van der Waals surface area contributed by atoms with Gasteiger partial charge in [-0.25, -0.2) is 0 Å². The molecule has 1 fully saturated rings. The highest BCUT2D eigenvalue weighted by atomic mass is 35.5. The predicted octanol–water partition coefficient (Wildman–Crippen LogP) is 1.36. The zero-order valence-corrected chi connectivity index (χ0v) is 14.0. The summed E-state index contributed by atoms with van der Waals surface area (Å²) in [5.41, 5.74) is 6.65. The second-order valence-electron chi connectivity index (χ2n) is 5.37. The fourth-order valence-electron chi connectivity index (χ4n) is 2.39. The number of amides is 1. The molecule has 0 aliphatic carbocycles. The number of halogens is 2. The molecule has 0 atom stereocenters. The van der Waals surface area contributed by atoms with Crippen molar-refractivity contribution in [3.8, 4) is 11.4 Å². The summed E-state index contributed by atoms with van der Waals surface area (Å²) in [7, 11) is 0. The maximum atomic E-state index is 12.2. The third kappa shape index (κ3) is 4.40. The van der Waals surface area contributed by atoms with Crippen molar-refractivity contribution in [1.82, 2.24) is 25.1 Å². The molecule has 0 spiro atoms. The van der Waals surface area contributed by atoms with Crippen LogP contribution in [0, 0.1) is 0 Å². The Bertz CT molecular complexity index is 652. The monoisotopic (exact) mass is 356 g/mol. The summed E-state index contributed by atoms with van der Waals surface area (Å²) in [6.07, 6.45) is 1.68. The van der Waals surface area contributed by atoms with Gasteiger partial charge in [0, 0.05) is 29.7 Å². The molecule has 3 rings (SSSR count). The van der Waals surface area contributed by atoms with E-state index in [4.69, 9.17) is 17.3 Å². The van der Waals surface area contributed by atoms with Crippen LogP contribution in [0.3, 0.4) is 0 Å². The van der Waals surface area contributed by atoms with Gasteiger partial charge >= 0.3 is 0 Å². The summed E-state index contributed by atoms with van der Waals surface area (Å²) in [6.45, 7) is 1.48. The zero-order valence-electron chi connectivity index (χ0n) is 12.4. The lowest BCUT2D eigenvalue weighted by Gasteiger charge is -2.29. The van der Waals surface area contributed by atoms with Crippen LogP contribution in [-0.2, 0) is 11.3 Å². The van der Waals surface area contributed by atoms with Crippen LogP contribution in [0.25, 0.3) is 11.4 Å². The summed E-state index contributed by atoms with van der Waals surface area (Å²) < 4.78 is 0. The summed E-state index contributed by atoms with van der Waals surface area (Å²) in [5, 5.41) is 12.8. The molecular weight excluding hydrogens is 339 g/mol. The van der Waals surface area contributed by atoms with Gasteiger partial charge in [0.2, 0.25) is 11.7 Å². The van der Waals surface area contributed by atoms with E-state index in [1.54, 1.807) is 17.0 Å². The SMILES string of the molecule is Cl.NC1CCN(C(=O)Cn2nnc(-c3ccc(Cl)cc3)n2)CC1. The largest absolute Gasteiger partial charge is 0.341 e. The Labute approximate surface area is 145 Å². The van der Waals surface area contributed by atoms with Gasteiger partial charge in [-0.2, -0.15) is 4.80 Å². The van der Waals surface area contributed by atoms with Gasteiger partial charge in [0.25, 0.3) is 0 Å². The van der Waals surface area contributed by atoms with Crippen molar-refractivity contribution in [2.45, 2.75) is 25.4 Å². The van der Waals surface area contributed by atoms with Crippen molar-refractivity contribution < 1.29 is 4.79 Å². The van der Waals surface area contributed by atoms with Crippen molar-refractivity contribution in [1.29, 1.82) is 0 Å². The molecule has 0 radical (unpaired) electrons. The van der Waals surface area contributed by atoms with Gasteiger partial charge in [0.05, 0.1) is 0 Å². The number of benzene rings is 1. The van der Waals surface area contributed by atoms with Crippen molar-refractivity contribution in [2.75, 3.05) is 13.1 Å². The van der Waals surface area contributed by atoms with Crippen molar-refractivity contribution in [2.24, 2.45) is 5.73 Å². The molecular formula is C14H18Cl2N6O. The number of likely N-dealkylation sites (tertiary alicyclic amines) is 1. The molecule has 9 heteroatoms. The van der Waals surface area contributed by atoms with Crippen molar-refractivity contribution >= 4 is 29.9 Å². The van der Waals surface area contributed by atoms with Crippen LogP contribution in [0.1, 0.15) is 12.8 Å². The van der Waals surface area contributed by atoms with Crippen LogP contribution < -0.4 is 5.73 Å². The highest BCUT2D eigenvalue weighted by Gasteiger charge is 2.21. The minimum Gasteiger partial charge on any atom is -0.341 e. The second kappa shape index (κ2) is 7.72. The Hall–Kier alpha value is -1.70. The van der Waals surface area contributed by atoms with Crippen LogP contribution >= 0.6 is 24.0 Å². The Morgan fingerprint density at radius 1 is 1.26 bits per heavy atom. The fourth-order valence-corrected chi connectivity index (χ4v) is 2.52. The number of rotatable bonds is 3. The van der Waals surface area contributed by atoms with E-state index in [0.29, 0.717) is 23.9 Å². The van der Waals surface area contributed by atoms with E-state index in [0.717, 1.165) is 18.4 Å². The topological polar surface area (TPSA) is 89.9 Å². The highest BCUT2D eigenvalue weighted by Crippen LogP contribution is 2.17. The van der Waals surface area contributed by atoms with Gasteiger partial charge in [-0.3, -0.25) is 4.79 Å². The molecule has 1 amide bonds. The molecule has 1 aliphatic rings. The third-order valence-corrected chi connectivity index (χ3v) is 3.98. The molecule has 0 bridgehead atoms. The molecule has 0 unspecified atom stereocenters. The average Bonchev–Trinajstić information content (AvgIpc) is 2.97. The maximum absolute atomic E-state index is 12.2. The Morgan fingerprint density at radius 3 is 2.57 bits per heavy atom. The Kier molecular flexibility index (Phi) is 5.92. The third-order valence-electron chi connectivity index (χ3n) is 3.72. The fraction of sp³-hybridized carbons (Fsp3) is 0.429. The van der Waals surface area contributed by atoms with Crippen molar-refractivity contribution in [3.63, 3.8) is 0 Å². The van der Waals surface area contributed by atoms with E-state index < -0.39 is 0 Å². The van der Waals surface area contributed by atoms with Gasteiger partial charge in [-0.1, -0.05) is 11.6 Å². The average molecular weight is 357 g/mol. The number of hydrogen-bond acceptors (Lipinski definition) is 5. The minimum absolute atomic E-state index is 0. The van der Waals surface area contributed by atoms with Crippen molar-refractivity contribution in [3.05, 3.63) is 29.3 Å². The van der Waals surface area contributed by atoms with Crippen LogP contribution in [0.15, 0.2) is 24.3 Å². The molecule has 124 valence electrons.